The van der Waals surface area contributed by atoms with Crippen molar-refractivity contribution < 1.29 is 8.42 Å². The minimum absolute atomic E-state index is 0.168. The molecule has 0 spiro atoms. The average Bonchev–Trinajstić information content (AvgIpc) is 3.04. The number of halogens is 1. The number of sulfone groups is 1. The van der Waals surface area contributed by atoms with Crippen LogP contribution in [0.5, 0.6) is 0 Å². The molecule has 8 heteroatoms. The molecule has 1 atom stereocenters. The van der Waals surface area contributed by atoms with Crippen molar-refractivity contribution in [1.82, 2.24) is 15.2 Å². The SMILES string of the molecule is CCS(=O)(=O)CC1CCN(c2n[nH]c3cc(Cl)ncc23)C1. The Balaban J connectivity index is 1.79. The highest BCUT2D eigenvalue weighted by molar-refractivity contribution is 7.91. The first kappa shape index (κ1) is 14.6. The van der Waals surface area contributed by atoms with Crippen LogP contribution in [0, 0.1) is 5.92 Å². The Hall–Kier alpha value is -1.34. The fourth-order valence-corrected chi connectivity index (χ4v) is 4.14. The van der Waals surface area contributed by atoms with E-state index in [1.165, 1.54) is 0 Å². The highest BCUT2D eigenvalue weighted by atomic mass is 35.5. The zero-order valence-electron chi connectivity index (χ0n) is 11.7. The van der Waals surface area contributed by atoms with Gasteiger partial charge >= 0.3 is 0 Å². The van der Waals surface area contributed by atoms with Gasteiger partial charge in [-0.15, -0.1) is 0 Å². The maximum Gasteiger partial charge on any atom is 0.159 e. The molecular weight excluding hydrogens is 312 g/mol. The third-order valence-corrected chi connectivity index (χ3v) is 5.97. The summed E-state index contributed by atoms with van der Waals surface area (Å²) in [5.41, 5.74) is 0.842. The van der Waals surface area contributed by atoms with Crippen LogP contribution in [0.25, 0.3) is 10.9 Å². The van der Waals surface area contributed by atoms with Crippen molar-refractivity contribution in [2.45, 2.75) is 13.3 Å². The van der Waals surface area contributed by atoms with Crippen molar-refractivity contribution in [2.75, 3.05) is 29.5 Å². The van der Waals surface area contributed by atoms with Gasteiger partial charge in [-0.25, -0.2) is 13.4 Å². The first-order valence-corrected chi connectivity index (χ1v) is 9.13. The molecule has 1 unspecified atom stereocenters. The Bertz CT molecular complexity index is 759. The number of aromatic amines is 1. The molecule has 0 amide bonds. The Morgan fingerprint density at radius 1 is 1.52 bits per heavy atom. The lowest BCUT2D eigenvalue weighted by Crippen LogP contribution is -2.24. The first-order valence-electron chi connectivity index (χ1n) is 6.93. The average molecular weight is 329 g/mol. The number of nitrogens with zero attached hydrogens (tertiary/aromatic N) is 3. The van der Waals surface area contributed by atoms with Crippen LogP contribution in [0.4, 0.5) is 5.82 Å². The fourth-order valence-electron chi connectivity index (χ4n) is 2.75. The van der Waals surface area contributed by atoms with Crippen molar-refractivity contribution in [3.63, 3.8) is 0 Å². The number of aromatic nitrogens is 3. The number of hydrogen-bond acceptors (Lipinski definition) is 5. The van der Waals surface area contributed by atoms with Gasteiger partial charge in [0, 0.05) is 31.1 Å². The number of hydrogen-bond donors (Lipinski definition) is 1. The van der Waals surface area contributed by atoms with Crippen LogP contribution in [0.15, 0.2) is 12.3 Å². The first-order chi connectivity index (χ1) is 9.98. The van der Waals surface area contributed by atoms with Crippen LogP contribution in [-0.2, 0) is 9.84 Å². The van der Waals surface area contributed by atoms with Crippen LogP contribution < -0.4 is 4.90 Å². The maximum atomic E-state index is 11.7. The molecule has 1 aliphatic heterocycles. The fraction of sp³-hybridized carbons (Fsp3) is 0.538. The second-order valence-corrected chi connectivity index (χ2v) is 8.18. The second kappa shape index (κ2) is 5.46. The van der Waals surface area contributed by atoms with E-state index in [1.54, 1.807) is 19.2 Å². The van der Waals surface area contributed by atoms with Gasteiger partial charge in [0.25, 0.3) is 0 Å². The van der Waals surface area contributed by atoms with Crippen molar-refractivity contribution >= 4 is 38.2 Å². The molecule has 0 bridgehead atoms. The monoisotopic (exact) mass is 328 g/mol. The van der Waals surface area contributed by atoms with E-state index in [9.17, 15) is 8.42 Å². The third-order valence-electron chi connectivity index (χ3n) is 3.91. The summed E-state index contributed by atoms with van der Waals surface area (Å²) in [5.74, 6) is 1.46. The Kier molecular flexibility index (Phi) is 3.79. The van der Waals surface area contributed by atoms with E-state index < -0.39 is 9.84 Å². The van der Waals surface area contributed by atoms with Gasteiger partial charge in [0.2, 0.25) is 0 Å². The van der Waals surface area contributed by atoms with Gasteiger partial charge < -0.3 is 4.90 Å². The van der Waals surface area contributed by atoms with Crippen molar-refractivity contribution in [2.24, 2.45) is 5.92 Å². The minimum atomic E-state index is -2.93. The predicted molar refractivity (Wildman–Crippen MR) is 83.5 cm³/mol. The molecular formula is C13H17ClN4O2S. The summed E-state index contributed by atoms with van der Waals surface area (Å²) in [5, 5.41) is 8.61. The lowest BCUT2D eigenvalue weighted by atomic mass is 10.2. The van der Waals surface area contributed by atoms with Gasteiger partial charge in [-0.3, -0.25) is 5.10 Å². The molecule has 0 radical (unpaired) electrons. The molecule has 6 nitrogen and oxygen atoms in total. The molecule has 1 saturated heterocycles. The van der Waals surface area contributed by atoms with Crippen molar-refractivity contribution in [1.29, 1.82) is 0 Å². The van der Waals surface area contributed by atoms with Gasteiger partial charge in [-0.05, 0) is 12.3 Å². The van der Waals surface area contributed by atoms with Crippen molar-refractivity contribution in [3.8, 4) is 0 Å². The van der Waals surface area contributed by atoms with E-state index in [2.05, 4.69) is 20.1 Å². The van der Waals surface area contributed by atoms with Crippen LogP contribution in [0.3, 0.4) is 0 Å². The normalized spacial score (nSPS) is 19.5. The lowest BCUT2D eigenvalue weighted by molar-refractivity contribution is 0.573. The minimum Gasteiger partial charge on any atom is -0.354 e. The Morgan fingerprint density at radius 3 is 3.10 bits per heavy atom. The summed E-state index contributed by atoms with van der Waals surface area (Å²) in [7, 11) is -2.93. The Morgan fingerprint density at radius 2 is 2.33 bits per heavy atom. The molecule has 3 rings (SSSR count). The summed E-state index contributed by atoms with van der Waals surface area (Å²) < 4.78 is 23.5. The topological polar surface area (TPSA) is 79.0 Å². The molecule has 114 valence electrons. The van der Waals surface area contributed by atoms with Crippen LogP contribution in [0.1, 0.15) is 13.3 Å². The van der Waals surface area contributed by atoms with Crippen LogP contribution in [-0.4, -0.2) is 48.2 Å². The molecule has 1 N–H and O–H groups in total. The van der Waals surface area contributed by atoms with E-state index in [1.807, 2.05) is 0 Å². The smallest absolute Gasteiger partial charge is 0.159 e. The largest absolute Gasteiger partial charge is 0.354 e. The van der Waals surface area contributed by atoms with Gasteiger partial charge in [0.15, 0.2) is 5.82 Å². The van der Waals surface area contributed by atoms with Crippen molar-refractivity contribution in [3.05, 3.63) is 17.4 Å². The molecule has 2 aromatic rings. The molecule has 21 heavy (non-hydrogen) atoms. The Labute approximate surface area is 128 Å². The number of anilines is 1. The van der Waals surface area contributed by atoms with Gasteiger partial charge in [-0.2, -0.15) is 5.10 Å². The van der Waals surface area contributed by atoms with E-state index in [0.29, 0.717) is 11.7 Å². The predicted octanol–water partition coefficient (Wildman–Crippen LogP) is 1.87. The molecule has 1 aliphatic rings. The zero-order valence-corrected chi connectivity index (χ0v) is 13.3. The lowest BCUT2D eigenvalue weighted by Gasteiger charge is -2.15. The molecule has 3 heterocycles. The maximum absolute atomic E-state index is 11.7. The van der Waals surface area contributed by atoms with Gasteiger partial charge in [-0.1, -0.05) is 18.5 Å². The highest BCUT2D eigenvalue weighted by Gasteiger charge is 2.28. The van der Waals surface area contributed by atoms with E-state index in [-0.39, 0.29) is 17.4 Å². The molecule has 0 aromatic carbocycles. The molecule has 0 saturated carbocycles. The number of pyridine rings is 1. The van der Waals surface area contributed by atoms with Gasteiger partial charge in [0.05, 0.1) is 16.7 Å². The molecule has 2 aromatic heterocycles. The van der Waals surface area contributed by atoms with E-state index >= 15 is 0 Å². The van der Waals surface area contributed by atoms with E-state index in [4.69, 9.17) is 11.6 Å². The van der Waals surface area contributed by atoms with E-state index in [0.717, 1.165) is 29.7 Å². The third kappa shape index (κ3) is 2.98. The summed E-state index contributed by atoms with van der Waals surface area (Å²) in [6.07, 6.45) is 2.57. The quantitative estimate of drug-likeness (QED) is 0.867. The standard InChI is InChI=1S/C13H17ClN4O2S/c1-2-21(19,20)8-9-3-4-18(7-9)13-10-6-15-12(14)5-11(10)16-17-13/h5-6,9H,2-4,7-8H2,1H3,(H,16,17). The number of fused-ring (bicyclic) bond motifs is 1. The zero-order chi connectivity index (χ0) is 15.0. The highest BCUT2D eigenvalue weighted by Crippen LogP contribution is 2.29. The number of nitrogens with one attached hydrogen (secondary N) is 1. The summed E-state index contributed by atoms with van der Waals surface area (Å²) in [6.45, 7) is 3.22. The second-order valence-electron chi connectivity index (χ2n) is 5.40. The number of rotatable bonds is 4. The molecule has 0 aliphatic carbocycles. The number of H-pyrrole nitrogens is 1. The summed E-state index contributed by atoms with van der Waals surface area (Å²) >= 11 is 5.86. The molecule has 1 fully saturated rings. The van der Waals surface area contributed by atoms with Gasteiger partial charge in [0.1, 0.15) is 15.0 Å². The summed E-state index contributed by atoms with van der Waals surface area (Å²) in [6, 6.07) is 1.74. The van der Waals surface area contributed by atoms with Crippen LogP contribution >= 0.6 is 11.6 Å². The summed E-state index contributed by atoms with van der Waals surface area (Å²) in [4.78, 5) is 6.20. The van der Waals surface area contributed by atoms with Crippen LogP contribution in [0.2, 0.25) is 5.15 Å².